The van der Waals surface area contributed by atoms with Gasteiger partial charge in [0.1, 0.15) is 17.1 Å². The zero-order chi connectivity index (χ0) is 32.6. The van der Waals surface area contributed by atoms with Crippen molar-refractivity contribution in [3.05, 3.63) is 22.3 Å². The quantitative estimate of drug-likeness (QED) is 0.136. The molecule has 6 heteroatoms. The molecule has 2 rings (SSSR count). The van der Waals surface area contributed by atoms with Crippen LogP contribution in [0.2, 0.25) is 0 Å². The summed E-state index contributed by atoms with van der Waals surface area (Å²) in [6.07, 6.45) is 17.3. The average molecular weight is 605 g/mol. The number of phenols is 1. The van der Waals surface area contributed by atoms with Crippen LogP contribution in [-0.2, 0) is 16.0 Å². The minimum atomic E-state index is -0.784. The van der Waals surface area contributed by atoms with Crippen molar-refractivity contribution in [2.24, 2.45) is 17.8 Å². The first-order valence-electron chi connectivity index (χ1n) is 17.1. The van der Waals surface area contributed by atoms with Crippen LogP contribution in [0.4, 0.5) is 0 Å². The van der Waals surface area contributed by atoms with E-state index in [2.05, 4.69) is 41.5 Å². The highest BCUT2D eigenvalue weighted by Gasteiger charge is 2.34. The number of fused-ring (bicyclic) bond motifs is 1. The number of aromatic hydroxyl groups is 1. The maximum absolute atomic E-state index is 10.4. The molecule has 0 aliphatic carbocycles. The summed E-state index contributed by atoms with van der Waals surface area (Å²) in [6, 6.07) is 0. The lowest BCUT2D eigenvalue weighted by atomic mass is 9.84. The molecule has 0 amide bonds. The number of carbonyl (C=O) groups is 2. The predicted octanol–water partition coefficient (Wildman–Crippen LogP) is 10.3. The fourth-order valence-electron chi connectivity index (χ4n) is 6.18. The molecule has 0 unspecified atom stereocenters. The molecule has 1 heterocycles. The van der Waals surface area contributed by atoms with Crippen LogP contribution in [0.5, 0.6) is 11.5 Å². The number of phenolic OH excluding ortho intramolecular Hbond substituents is 1. The highest BCUT2D eigenvalue weighted by Crippen LogP contribution is 2.44. The first-order chi connectivity index (χ1) is 20.2. The molecular formula is C37H64O6. The third-order valence-electron chi connectivity index (χ3n) is 9.40. The number of carboxylic acid groups (broad SMARTS) is 2. The summed E-state index contributed by atoms with van der Waals surface area (Å²) in [5.74, 6) is 2.47. The van der Waals surface area contributed by atoms with E-state index in [0.717, 1.165) is 72.3 Å². The van der Waals surface area contributed by atoms with E-state index in [9.17, 15) is 14.7 Å². The van der Waals surface area contributed by atoms with E-state index in [0.29, 0.717) is 18.6 Å². The Balaban J connectivity index is 0.000000650. The van der Waals surface area contributed by atoms with Crippen LogP contribution >= 0.6 is 0 Å². The molecule has 1 aliphatic heterocycles. The summed E-state index contributed by atoms with van der Waals surface area (Å²) < 4.78 is 6.60. The summed E-state index contributed by atoms with van der Waals surface area (Å²) in [6.45, 7) is 17.9. The first-order valence-corrected chi connectivity index (χ1v) is 17.1. The summed E-state index contributed by atoms with van der Waals surface area (Å²) >= 11 is 0. The highest BCUT2D eigenvalue weighted by atomic mass is 16.5. The molecule has 0 saturated carbocycles. The van der Waals surface area contributed by atoms with Gasteiger partial charge in [0.15, 0.2) is 0 Å². The Morgan fingerprint density at radius 2 is 1.21 bits per heavy atom. The van der Waals surface area contributed by atoms with E-state index in [1.165, 1.54) is 56.9 Å². The number of hydrogen-bond acceptors (Lipinski definition) is 4. The molecule has 248 valence electrons. The fraction of sp³-hybridized carbons (Fsp3) is 0.784. The van der Waals surface area contributed by atoms with Crippen molar-refractivity contribution in [2.45, 2.75) is 170 Å². The Morgan fingerprint density at radius 3 is 1.70 bits per heavy atom. The van der Waals surface area contributed by atoms with E-state index in [4.69, 9.17) is 14.9 Å². The highest BCUT2D eigenvalue weighted by molar-refractivity contribution is 5.67. The Bertz CT molecular complexity index is 966. The number of carboxylic acids is 2. The fourth-order valence-corrected chi connectivity index (χ4v) is 6.18. The third-order valence-corrected chi connectivity index (χ3v) is 9.40. The molecule has 43 heavy (non-hydrogen) atoms. The summed E-state index contributed by atoms with van der Waals surface area (Å²) in [5, 5.41) is 26.9. The van der Waals surface area contributed by atoms with Crippen LogP contribution in [-0.4, -0.2) is 32.9 Å². The van der Waals surface area contributed by atoms with Crippen molar-refractivity contribution in [3.63, 3.8) is 0 Å². The zero-order valence-electron chi connectivity index (χ0n) is 28.8. The van der Waals surface area contributed by atoms with Gasteiger partial charge in [-0.15, -0.1) is 0 Å². The molecular weight excluding hydrogens is 540 g/mol. The van der Waals surface area contributed by atoms with Gasteiger partial charge in [-0.25, -0.2) is 0 Å². The number of benzene rings is 1. The second kappa shape index (κ2) is 19.9. The van der Waals surface area contributed by atoms with Gasteiger partial charge in [-0.05, 0) is 101 Å². The lowest BCUT2D eigenvalue weighted by molar-refractivity contribution is -0.138. The van der Waals surface area contributed by atoms with Gasteiger partial charge in [0.2, 0.25) is 0 Å². The molecule has 3 atom stereocenters. The monoisotopic (exact) mass is 604 g/mol. The van der Waals surface area contributed by atoms with Crippen molar-refractivity contribution in [3.8, 4) is 11.5 Å². The molecule has 0 saturated heterocycles. The Hall–Kier alpha value is -2.24. The number of rotatable bonds is 19. The summed E-state index contributed by atoms with van der Waals surface area (Å²) in [4.78, 5) is 20.1. The SMILES string of the molecule is Cc1c(C)c2c(c(C)c1O)CC[C@@](C)(CCC[C@H](C)CCC[C@H](C)CCCC(C)C)O2.O=C(O)CCCCCCC(=O)O. The molecule has 1 aliphatic rings. The van der Waals surface area contributed by atoms with Crippen molar-refractivity contribution in [2.75, 3.05) is 0 Å². The van der Waals surface area contributed by atoms with Gasteiger partial charge in [-0.3, -0.25) is 9.59 Å². The van der Waals surface area contributed by atoms with Crippen LogP contribution < -0.4 is 4.74 Å². The molecule has 0 fully saturated rings. The van der Waals surface area contributed by atoms with Crippen molar-refractivity contribution in [1.82, 2.24) is 0 Å². The van der Waals surface area contributed by atoms with E-state index >= 15 is 0 Å². The van der Waals surface area contributed by atoms with Gasteiger partial charge in [-0.2, -0.15) is 0 Å². The molecule has 3 N–H and O–H groups in total. The lowest BCUT2D eigenvalue weighted by Gasteiger charge is -2.38. The molecule has 1 aromatic rings. The minimum absolute atomic E-state index is 0.0712. The van der Waals surface area contributed by atoms with Crippen LogP contribution in [0.15, 0.2) is 0 Å². The van der Waals surface area contributed by atoms with Crippen LogP contribution in [0.1, 0.15) is 160 Å². The van der Waals surface area contributed by atoms with Crippen LogP contribution in [0.25, 0.3) is 0 Å². The van der Waals surface area contributed by atoms with Gasteiger partial charge in [0, 0.05) is 18.4 Å². The van der Waals surface area contributed by atoms with Gasteiger partial charge in [-0.1, -0.05) is 85.5 Å². The van der Waals surface area contributed by atoms with Gasteiger partial charge in [0.05, 0.1) is 0 Å². The van der Waals surface area contributed by atoms with Crippen molar-refractivity contribution < 1.29 is 29.6 Å². The summed E-state index contributed by atoms with van der Waals surface area (Å²) in [7, 11) is 0. The smallest absolute Gasteiger partial charge is 0.303 e. The first kappa shape index (κ1) is 38.8. The third kappa shape index (κ3) is 15.4. The van der Waals surface area contributed by atoms with Crippen LogP contribution in [0, 0.1) is 38.5 Å². The molecule has 1 aromatic carbocycles. The maximum atomic E-state index is 10.4. The summed E-state index contributed by atoms with van der Waals surface area (Å²) in [5.41, 5.74) is 4.23. The normalized spacial score (nSPS) is 17.4. The lowest BCUT2D eigenvalue weighted by Crippen LogP contribution is -2.37. The van der Waals surface area contributed by atoms with E-state index in [1.807, 2.05) is 13.8 Å². The van der Waals surface area contributed by atoms with E-state index < -0.39 is 11.9 Å². The Labute approximate surface area is 263 Å². The molecule has 0 bridgehead atoms. The minimum Gasteiger partial charge on any atom is -0.507 e. The second-order valence-corrected chi connectivity index (χ2v) is 14.1. The number of ether oxygens (including phenoxy) is 1. The number of unbranched alkanes of at least 4 members (excludes halogenated alkanes) is 3. The van der Waals surface area contributed by atoms with Crippen molar-refractivity contribution >= 4 is 11.9 Å². The number of hydrogen-bond donors (Lipinski definition) is 3. The molecule has 0 radical (unpaired) electrons. The van der Waals surface area contributed by atoms with Crippen LogP contribution in [0.3, 0.4) is 0 Å². The zero-order valence-corrected chi connectivity index (χ0v) is 28.8. The number of aliphatic carboxylic acids is 2. The Kier molecular flexibility index (Phi) is 18.0. The standard InChI is InChI=1S/C29H50O2.C8H14O4/c1-20(2)12-9-13-21(3)14-10-15-22(4)16-11-18-29(8)19-17-26-25(7)27(30)23(5)24(6)28(26)31-29;9-7(10)5-3-1-2-4-6-8(11)12/h20-22,30H,9-19H2,1-8H3;1-6H2,(H,9,10)(H,11,12)/t21-,22-,29-;/m1./s1. The predicted molar refractivity (Wildman–Crippen MR) is 177 cm³/mol. The molecule has 6 nitrogen and oxygen atoms in total. The van der Waals surface area contributed by atoms with E-state index in [1.54, 1.807) is 0 Å². The Morgan fingerprint density at radius 1 is 0.721 bits per heavy atom. The molecule has 0 spiro atoms. The van der Waals surface area contributed by atoms with Gasteiger partial charge >= 0.3 is 11.9 Å². The van der Waals surface area contributed by atoms with Gasteiger partial charge in [0.25, 0.3) is 0 Å². The second-order valence-electron chi connectivity index (χ2n) is 14.1. The largest absolute Gasteiger partial charge is 0.507 e. The van der Waals surface area contributed by atoms with E-state index in [-0.39, 0.29) is 18.4 Å². The van der Waals surface area contributed by atoms with Crippen molar-refractivity contribution in [1.29, 1.82) is 0 Å². The average Bonchev–Trinajstić information content (AvgIpc) is 2.92. The maximum Gasteiger partial charge on any atom is 0.303 e. The molecule has 0 aromatic heterocycles. The topological polar surface area (TPSA) is 104 Å². The van der Waals surface area contributed by atoms with Gasteiger partial charge < -0.3 is 20.1 Å².